The van der Waals surface area contributed by atoms with Crippen molar-refractivity contribution in [3.8, 4) is 0 Å². The van der Waals surface area contributed by atoms with E-state index in [-0.39, 0.29) is 6.10 Å². The Morgan fingerprint density at radius 3 is 3.00 bits per heavy atom. The van der Waals surface area contributed by atoms with Crippen LogP contribution in [0, 0.1) is 5.92 Å². The Balaban J connectivity index is 2.34. The minimum Gasteiger partial charge on any atom is -0.391 e. The third-order valence-electron chi connectivity index (χ3n) is 2.22. The molecule has 0 spiro atoms. The Labute approximate surface area is 78.9 Å². The summed E-state index contributed by atoms with van der Waals surface area (Å²) in [6.45, 7) is 4.38. The van der Waals surface area contributed by atoms with Crippen LogP contribution in [0.3, 0.4) is 0 Å². The quantitative estimate of drug-likeness (QED) is 0.624. The highest BCUT2D eigenvalue weighted by Gasteiger charge is 2.23. The Kier molecular flexibility index (Phi) is 3.86. The van der Waals surface area contributed by atoms with Crippen molar-refractivity contribution in [3.05, 3.63) is 0 Å². The summed E-state index contributed by atoms with van der Waals surface area (Å²) in [4.78, 5) is 5.14. The maximum absolute atomic E-state index is 5.66. The van der Waals surface area contributed by atoms with Crippen LogP contribution in [0.15, 0.2) is 5.16 Å². The summed E-state index contributed by atoms with van der Waals surface area (Å²) in [5.41, 5.74) is 1.18. The molecule has 2 atom stereocenters. The molecular formula is C9H16ClNO. The standard InChI is InChI=1S/C9H16ClNO/c1-3-4-7(2)9-5-8(6-10)12-11-9/h7-8H,3-6H2,1-2H3. The minimum absolute atomic E-state index is 0.126. The molecule has 0 bridgehead atoms. The summed E-state index contributed by atoms with van der Waals surface area (Å²) in [5.74, 6) is 1.11. The van der Waals surface area contributed by atoms with E-state index < -0.39 is 0 Å². The molecule has 0 aliphatic carbocycles. The molecule has 0 saturated heterocycles. The van der Waals surface area contributed by atoms with Crippen molar-refractivity contribution in [3.63, 3.8) is 0 Å². The summed E-state index contributed by atoms with van der Waals surface area (Å²) in [6, 6.07) is 0. The number of nitrogens with zero attached hydrogens (tertiary/aromatic N) is 1. The van der Waals surface area contributed by atoms with E-state index in [2.05, 4.69) is 19.0 Å². The molecule has 0 aromatic heterocycles. The van der Waals surface area contributed by atoms with Gasteiger partial charge < -0.3 is 4.84 Å². The van der Waals surface area contributed by atoms with E-state index in [1.807, 2.05) is 0 Å². The van der Waals surface area contributed by atoms with E-state index >= 15 is 0 Å². The second kappa shape index (κ2) is 4.70. The first-order chi connectivity index (χ1) is 5.77. The molecule has 3 heteroatoms. The average Bonchev–Trinajstić information content (AvgIpc) is 2.52. The topological polar surface area (TPSA) is 21.6 Å². The van der Waals surface area contributed by atoms with Gasteiger partial charge in [0.05, 0.1) is 11.6 Å². The highest BCUT2D eigenvalue weighted by molar-refractivity contribution is 6.18. The maximum Gasteiger partial charge on any atom is 0.146 e. The molecule has 1 aliphatic heterocycles. The van der Waals surface area contributed by atoms with Gasteiger partial charge >= 0.3 is 0 Å². The molecule has 1 rings (SSSR count). The molecule has 0 amide bonds. The first kappa shape index (κ1) is 9.85. The highest BCUT2D eigenvalue weighted by atomic mass is 35.5. The predicted octanol–water partition coefficient (Wildman–Crippen LogP) is 2.81. The van der Waals surface area contributed by atoms with E-state index in [1.165, 1.54) is 18.6 Å². The molecule has 0 aromatic rings. The lowest BCUT2D eigenvalue weighted by Gasteiger charge is -2.07. The predicted molar refractivity (Wildman–Crippen MR) is 51.7 cm³/mol. The lowest BCUT2D eigenvalue weighted by molar-refractivity contribution is 0.102. The fourth-order valence-electron chi connectivity index (χ4n) is 1.42. The zero-order valence-electron chi connectivity index (χ0n) is 7.72. The van der Waals surface area contributed by atoms with Gasteiger partial charge in [0.1, 0.15) is 6.10 Å². The van der Waals surface area contributed by atoms with Crippen LogP contribution in [0.4, 0.5) is 0 Å². The van der Waals surface area contributed by atoms with Crippen LogP contribution < -0.4 is 0 Å². The molecule has 1 heterocycles. The van der Waals surface area contributed by atoms with Crippen molar-refractivity contribution in [2.24, 2.45) is 11.1 Å². The molecule has 2 unspecified atom stereocenters. The number of hydrogen-bond acceptors (Lipinski definition) is 2. The Hall–Kier alpha value is -0.240. The van der Waals surface area contributed by atoms with Crippen LogP contribution >= 0.6 is 11.6 Å². The van der Waals surface area contributed by atoms with Gasteiger partial charge in [-0.05, 0) is 12.3 Å². The minimum atomic E-state index is 0.126. The highest BCUT2D eigenvalue weighted by Crippen LogP contribution is 2.19. The monoisotopic (exact) mass is 189 g/mol. The largest absolute Gasteiger partial charge is 0.391 e. The molecule has 0 saturated carbocycles. The SMILES string of the molecule is CCCC(C)C1=NOC(CCl)C1. The Morgan fingerprint density at radius 2 is 2.50 bits per heavy atom. The molecular weight excluding hydrogens is 174 g/mol. The van der Waals surface area contributed by atoms with E-state index in [1.54, 1.807) is 0 Å². The lowest BCUT2D eigenvalue weighted by atomic mass is 9.97. The fraction of sp³-hybridized carbons (Fsp3) is 0.889. The van der Waals surface area contributed by atoms with Gasteiger partial charge in [0.15, 0.2) is 0 Å². The van der Waals surface area contributed by atoms with Gasteiger partial charge in [0.2, 0.25) is 0 Å². The zero-order chi connectivity index (χ0) is 8.97. The van der Waals surface area contributed by atoms with Gasteiger partial charge in [-0.2, -0.15) is 0 Å². The molecule has 0 aromatic carbocycles. The van der Waals surface area contributed by atoms with Crippen molar-refractivity contribution >= 4 is 17.3 Å². The van der Waals surface area contributed by atoms with Crippen LogP contribution in [-0.2, 0) is 4.84 Å². The first-order valence-corrected chi connectivity index (χ1v) is 5.10. The number of oxime groups is 1. The van der Waals surface area contributed by atoms with E-state index in [9.17, 15) is 0 Å². The van der Waals surface area contributed by atoms with Crippen LogP contribution in [0.5, 0.6) is 0 Å². The van der Waals surface area contributed by atoms with Crippen molar-refractivity contribution in [1.29, 1.82) is 0 Å². The van der Waals surface area contributed by atoms with Crippen LogP contribution in [0.25, 0.3) is 0 Å². The second-order valence-corrected chi connectivity index (χ2v) is 3.67. The van der Waals surface area contributed by atoms with Crippen molar-refractivity contribution < 1.29 is 4.84 Å². The number of rotatable bonds is 4. The van der Waals surface area contributed by atoms with Crippen LogP contribution in [0.2, 0.25) is 0 Å². The van der Waals surface area contributed by atoms with Crippen molar-refractivity contribution in [2.75, 3.05) is 5.88 Å². The molecule has 12 heavy (non-hydrogen) atoms. The van der Waals surface area contributed by atoms with Gasteiger partial charge in [-0.1, -0.05) is 25.4 Å². The number of alkyl halides is 1. The molecule has 0 N–H and O–H groups in total. The van der Waals surface area contributed by atoms with E-state index in [0.29, 0.717) is 11.8 Å². The number of hydrogen-bond donors (Lipinski definition) is 0. The first-order valence-electron chi connectivity index (χ1n) is 4.56. The molecule has 70 valence electrons. The zero-order valence-corrected chi connectivity index (χ0v) is 8.47. The fourth-order valence-corrected chi connectivity index (χ4v) is 1.59. The summed E-state index contributed by atoms with van der Waals surface area (Å²) in [5, 5.41) is 4.04. The average molecular weight is 190 g/mol. The van der Waals surface area contributed by atoms with Crippen LogP contribution in [-0.4, -0.2) is 17.7 Å². The van der Waals surface area contributed by atoms with Gasteiger partial charge in [-0.15, -0.1) is 11.6 Å². The Bertz CT molecular complexity index is 170. The molecule has 0 radical (unpaired) electrons. The summed E-state index contributed by atoms with van der Waals surface area (Å²) < 4.78 is 0. The van der Waals surface area contributed by atoms with Crippen LogP contribution in [0.1, 0.15) is 33.1 Å². The molecule has 1 aliphatic rings. The van der Waals surface area contributed by atoms with E-state index in [4.69, 9.17) is 16.4 Å². The number of halogens is 1. The van der Waals surface area contributed by atoms with E-state index in [0.717, 1.165) is 6.42 Å². The van der Waals surface area contributed by atoms with Crippen molar-refractivity contribution in [2.45, 2.75) is 39.2 Å². The smallest absolute Gasteiger partial charge is 0.146 e. The van der Waals surface area contributed by atoms with Crippen molar-refractivity contribution in [1.82, 2.24) is 0 Å². The van der Waals surface area contributed by atoms with Gasteiger partial charge in [0, 0.05) is 6.42 Å². The summed E-state index contributed by atoms with van der Waals surface area (Å²) >= 11 is 5.66. The summed E-state index contributed by atoms with van der Waals surface area (Å²) in [7, 11) is 0. The van der Waals surface area contributed by atoms with Gasteiger partial charge in [-0.3, -0.25) is 0 Å². The third kappa shape index (κ3) is 2.37. The van der Waals surface area contributed by atoms with Gasteiger partial charge in [0.25, 0.3) is 0 Å². The molecule has 0 fully saturated rings. The third-order valence-corrected chi connectivity index (χ3v) is 2.56. The maximum atomic E-state index is 5.66. The summed E-state index contributed by atoms with van der Waals surface area (Å²) in [6.07, 6.45) is 3.44. The van der Waals surface area contributed by atoms with Gasteiger partial charge in [-0.25, -0.2) is 0 Å². The molecule has 2 nitrogen and oxygen atoms in total. The Morgan fingerprint density at radius 1 is 1.75 bits per heavy atom. The second-order valence-electron chi connectivity index (χ2n) is 3.36. The normalized spacial score (nSPS) is 24.9. The lowest BCUT2D eigenvalue weighted by Crippen LogP contribution is -2.14.